The molecule has 3 heteroatoms. The molecule has 0 amide bonds. The van der Waals surface area contributed by atoms with E-state index in [0.717, 1.165) is 37.0 Å². The summed E-state index contributed by atoms with van der Waals surface area (Å²) in [5, 5.41) is 0. The Morgan fingerprint density at radius 1 is 1.00 bits per heavy atom. The summed E-state index contributed by atoms with van der Waals surface area (Å²) in [4.78, 5) is 0. The van der Waals surface area contributed by atoms with Crippen LogP contribution in [0.3, 0.4) is 0 Å². The van der Waals surface area contributed by atoms with Crippen LogP contribution in [-0.2, 0) is 0 Å². The first-order chi connectivity index (χ1) is 9.97. The number of aryl methyl sites for hydroxylation is 1. The van der Waals surface area contributed by atoms with Crippen molar-refractivity contribution in [2.75, 3.05) is 0 Å². The van der Waals surface area contributed by atoms with Gasteiger partial charge in [0.25, 0.3) is 0 Å². The Labute approximate surface area is 124 Å². The van der Waals surface area contributed by atoms with E-state index in [1.54, 1.807) is 6.92 Å². The van der Waals surface area contributed by atoms with Crippen LogP contribution in [0.15, 0.2) is 12.1 Å². The molecule has 0 aliphatic heterocycles. The first-order valence-corrected chi connectivity index (χ1v) is 8.18. The molecule has 0 spiro atoms. The number of hydrogen-bond donors (Lipinski definition) is 1. The molecule has 4 aliphatic carbocycles. The summed E-state index contributed by atoms with van der Waals surface area (Å²) in [5.74, 6) is 1.62. The lowest BCUT2D eigenvalue weighted by molar-refractivity contribution is -0.0683. The molecule has 0 radical (unpaired) electrons. The first-order valence-electron chi connectivity index (χ1n) is 8.18. The minimum Gasteiger partial charge on any atom is -0.323 e. The number of halogens is 2. The normalized spacial score (nSPS) is 38.8. The molecular formula is C18H23F2N. The molecular weight excluding hydrogens is 268 g/mol. The van der Waals surface area contributed by atoms with E-state index in [1.165, 1.54) is 31.4 Å². The summed E-state index contributed by atoms with van der Waals surface area (Å²) in [6.45, 7) is 1.60. The zero-order chi connectivity index (χ0) is 14.8. The molecule has 4 bridgehead atoms. The molecule has 21 heavy (non-hydrogen) atoms. The van der Waals surface area contributed by atoms with Gasteiger partial charge in [0.1, 0.15) is 11.6 Å². The van der Waals surface area contributed by atoms with Crippen molar-refractivity contribution in [3.05, 3.63) is 34.9 Å². The molecule has 5 rings (SSSR count). The molecule has 4 saturated carbocycles. The molecule has 2 N–H and O–H groups in total. The van der Waals surface area contributed by atoms with Gasteiger partial charge >= 0.3 is 0 Å². The monoisotopic (exact) mass is 291 g/mol. The molecule has 1 aromatic carbocycles. The van der Waals surface area contributed by atoms with Gasteiger partial charge in [-0.05, 0) is 86.3 Å². The maximum atomic E-state index is 14.3. The zero-order valence-corrected chi connectivity index (χ0v) is 12.5. The summed E-state index contributed by atoms with van der Waals surface area (Å²) in [5.41, 5.74) is 7.26. The third kappa shape index (κ3) is 2.04. The van der Waals surface area contributed by atoms with E-state index in [-0.39, 0.29) is 23.1 Å². The van der Waals surface area contributed by atoms with Crippen molar-refractivity contribution in [2.45, 2.75) is 51.5 Å². The van der Waals surface area contributed by atoms with Crippen LogP contribution in [0.5, 0.6) is 0 Å². The molecule has 0 aromatic heterocycles. The van der Waals surface area contributed by atoms with Crippen molar-refractivity contribution in [2.24, 2.45) is 28.9 Å². The lowest BCUT2D eigenvalue weighted by Crippen LogP contribution is -2.51. The molecule has 1 atom stereocenters. The van der Waals surface area contributed by atoms with Gasteiger partial charge in [0.05, 0.1) is 0 Å². The summed E-state index contributed by atoms with van der Waals surface area (Å²) in [6.07, 6.45) is 7.31. The Morgan fingerprint density at radius 3 is 2.05 bits per heavy atom. The van der Waals surface area contributed by atoms with Crippen LogP contribution in [0.25, 0.3) is 0 Å². The van der Waals surface area contributed by atoms with Gasteiger partial charge in [-0.1, -0.05) is 0 Å². The minimum absolute atomic E-state index is 0.0112. The highest BCUT2D eigenvalue weighted by atomic mass is 19.1. The van der Waals surface area contributed by atoms with E-state index in [1.807, 2.05) is 0 Å². The van der Waals surface area contributed by atoms with Crippen molar-refractivity contribution >= 4 is 0 Å². The van der Waals surface area contributed by atoms with Gasteiger partial charge in [-0.15, -0.1) is 0 Å². The van der Waals surface area contributed by atoms with E-state index in [4.69, 9.17) is 5.73 Å². The number of nitrogens with two attached hydrogens (primary N) is 1. The van der Waals surface area contributed by atoms with Crippen LogP contribution in [-0.4, -0.2) is 0 Å². The second-order valence-electron chi connectivity index (χ2n) is 7.88. The summed E-state index contributed by atoms with van der Waals surface area (Å²) >= 11 is 0. The van der Waals surface area contributed by atoms with Gasteiger partial charge in [-0.2, -0.15) is 0 Å². The Morgan fingerprint density at radius 2 is 1.52 bits per heavy atom. The molecule has 4 fully saturated rings. The Bertz CT molecular complexity index is 546. The number of hydrogen-bond acceptors (Lipinski definition) is 1. The smallest absolute Gasteiger partial charge is 0.128 e. The topological polar surface area (TPSA) is 26.0 Å². The first kappa shape index (κ1) is 13.7. The Kier molecular flexibility index (Phi) is 2.94. The quantitative estimate of drug-likeness (QED) is 0.853. The fourth-order valence-corrected chi connectivity index (χ4v) is 5.79. The summed E-state index contributed by atoms with van der Waals surface area (Å²) in [6, 6.07) is 2.28. The van der Waals surface area contributed by atoms with Gasteiger partial charge in [0.2, 0.25) is 0 Å². The molecule has 1 aromatic rings. The highest BCUT2D eigenvalue weighted by molar-refractivity contribution is 5.30. The highest BCUT2D eigenvalue weighted by Crippen LogP contribution is 2.63. The van der Waals surface area contributed by atoms with E-state index in [2.05, 4.69) is 0 Å². The number of benzene rings is 1. The fourth-order valence-electron chi connectivity index (χ4n) is 5.79. The predicted molar refractivity (Wildman–Crippen MR) is 78.6 cm³/mol. The largest absolute Gasteiger partial charge is 0.323 e. The highest BCUT2D eigenvalue weighted by Gasteiger charge is 2.54. The standard InChI is InChI=1S/C18H23F2N/c1-10-2-16(20)14(6-15(10)19)17(21)18-7-11-3-12(8-18)5-13(4-11)9-18/h2,6,11-13,17H,3-5,7-9,21H2,1H3. The lowest BCUT2D eigenvalue weighted by atomic mass is 9.47. The van der Waals surface area contributed by atoms with Crippen molar-refractivity contribution in [3.63, 3.8) is 0 Å². The van der Waals surface area contributed by atoms with Crippen molar-refractivity contribution < 1.29 is 8.78 Å². The minimum atomic E-state index is -0.360. The van der Waals surface area contributed by atoms with Gasteiger partial charge in [-0.25, -0.2) is 8.78 Å². The fraction of sp³-hybridized carbons (Fsp3) is 0.667. The Balaban J connectivity index is 1.71. The molecule has 114 valence electrons. The maximum Gasteiger partial charge on any atom is 0.128 e. The molecule has 0 heterocycles. The van der Waals surface area contributed by atoms with Crippen LogP contribution in [0, 0.1) is 41.7 Å². The van der Waals surface area contributed by atoms with Crippen molar-refractivity contribution in [3.8, 4) is 0 Å². The summed E-state index contributed by atoms with van der Waals surface area (Å²) < 4.78 is 28.2. The third-order valence-electron chi connectivity index (χ3n) is 6.36. The maximum absolute atomic E-state index is 14.3. The molecule has 0 saturated heterocycles. The lowest BCUT2D eigenvalue weighted by Gasteiger charge is -2.59. The third-order valence-corrected chi connectivity index (χ3v) is 6.36. The van der Waals surface area contributed by atoms with E-state index < -0.39 is 0 Å². The van der Waals surface area contributed by atoms with Gasteiger partial charge in [-0.3, -0.25) is 0 Å². The van der Waals surface area contributed by atoms with Gasteiger partial charge in [0, 0.05) is 11.6 Å². The van der Waals surface area contributed by atoms with E-state index in [9.17, 15) is 8.78 Å². The van der Waals surface area contributed by atoms with Gasteiger partial charge in [0.15, 0.2) is 0 Å². The van der Waals surface area contributed by atoms with Crippen LogP contribution in [0.1, 0.15) is 55.7 Å². The van der Waals surface area contributed by atoms with Crippen LogP contribution in [0.4, 0.5) is 8.78 Å². The van der Waals surface area contributed by atoms with Crippen LogP contribution < -0.4 is 5.73 Å². The van der Waals surface area contributed by atoms with Crippen molar-refractivity contribution in [1.82, 2.24) is 0 Å². The molecule has 4 aliphatic rings. The average Bonchev–Trinajstić information content (AvgIpc) is 2.40. The SMILES string of the molecule is Cc1cc(F)c(C(N)C23CC4CC(CC(C4)C2)C3)cc1F. The number of rotatable bonds is 2. The Hall–Kier alpha value is -0.960. The van der Waals surface area contributed by atoms with E-state index in [0.29, 0.717) is 11.1 Å². The second kappa shape index (κ2) is 4.52. The van der Waals surface area contributed by atoms with Crippen molar-refractivity contribution in [1.29, 1.82) is 0 Å². The van der Waals surface area contributed by atoms with Gasteiger partial charge < -0.3 is 5.73 Å². The van der Waals surface area contributed by atoms with Crippen LogP contribution in [0.2, 0.25) is 0 Å². The predicted octanol–water partition coefficient (Wildman–Crippen LogP) is 4.49. The molecule has 1 nitrogen and oxygen atoms in total. The van der Waals surface area contributed by atoms with E-state index >= 15 is 0 Å². The second-order valence-corrected chi connectivity index (χ2v) is 7.88. The zero-order valence-electron chi connectivity index (χ0n) is 12.5. The van der Waals surface area contributed by atoms with Crippen LogP contribution >= 0.6 is 0 Å². The summed E-state index contributed by atoms with van der Waals surface area (Å²) in [7, 11) is 0. The average molecular weight is 291 g/mol. The molecule has 1 unspecified atom stereocenters.